The zero-order chi connectivity index (χ0) is 28.9. The van der Waals surface area contributed by atoms with Crippen LogP contribution in [0.25, 0.3) is 6.08 Å². The smallest absolute Gasteiger partial charge is 0.338 e. The number of ether oxygens (including phenoxy) is 4. The number of carbonyl (C=O) groups excluding carboxylic acids is 1. The van der Waals surface area contributed by atoms with Gasteiger partial charge >= 0.3 is 5.97 Å². The number of nitrogens with zero attached hydrogens (tertiary/aromatic N) is 3. The van der Waals surface area contributed by atoms with Gasteiger partial charge in [0, 0.05) is 25.2 Å². The molecule has 0 aliphatic carbocycles. The average molecular weight is 580 g/mol. The van der Waals surface area contributed by atoms with Gasteiger partial charge in [0.25, 0.3) is 5.56 Å². The largest absolute Gasteiger partial charge is 0.490 e. The number of benzene rings is 1. The van der Waals surface area contributed by atoms with Gasteiger partial charge in [-0.3, -0.25) is 9.36 Å². The second-order valence-electron chi connectivity index (χ2n) is 9.32. The lowest BCUT2D eigenvalue weighted by Gasteiger charge is -2.26. The summed E-state index contributed by atoms with van der Waals surface area (Å²) in [5.74, 6) is 1.79. The van der Waals surface area contributed by atoms with Gasteiger partial charge in [-0.25, -0.2) is 9.79 Å². The van der Waals surface area contributed by atoms with E-state index < -0.39 is 12.0 Å². The molecule has 2 aliphatic heterocycles. The van der Waals surface area contributed by atoms with Crippen molar-refractivity contribution in [2.24, 2.45) is 4.99 Å². The summed E-state index contributed by atoms with van der Waals surface area (Å²) in [4.78, 5) is 34.4. The lowest BCUT2D eigenvalue weighted by atomic mass is 9.95. The monoisotopic (exact) mass is 579 g/mol. The van der Waals surface area contributed by atoms with Crippen molar-refractivity contribution in [3.05, 3.63) is 85.3 Å². The lowest BCUT2D eigenvalue weighted by molar-refractivity contribution is -0.139. The number of anilines is 1. The molecule has 5 rings (SSSR count). The van der Waals surface area contributed by atoms with E-state index in [0.717, 1.165) is 19.0 Å². The van der Waals surface area contributed by atoms with Gasteiger partial charge < -0.3 is 28.3 Å². The van der Waals surface area contributed by atoms with Crippen LogP contribution in [0.4, 0.5) is 5.88 Å². The highest BCUT2D eigenvalue weighted by Gasteiger charge is 2.34. The molecule has 0 saturated carbocycles. The summed E-state index contributed by atoms with van der Waals surface area (Å²) < 4.78 is 30.5. The second kappa shape index (κ2) is 12.6. The molecule has 10 nitrogen and oxygen atoms in total. The Hall–Kier alpha value is -4.09. The van der Waals surface area contributed by atoms with E-state index in [1.54, 1.807) is 38.1 Å². The minimum absolute atomic E-state index is 0.190. The van der Waals surface area contributed by atoms with E-state index in [9.17, 15) is 9.59 Å². The van der Waals surface area contributed by atoms with Gasteiger partial charge in [0.2, 0.25) is 0 Å². The van der Waals surface area contributed by atoms with Crippen LogP contribution in [0.2, 0.25) is 0 Å². The van der Waals surface area contributed by atoms with Crippen LogP contribution in [-0.2, 0) is 14.3 Å². The molecule has 0 N–H and O–H groups in total. The maximum atomic E-state index is 13.9. The van der Waals surface area contributed by atoms with Crippen LogP contribution in [0.3, 0.4) is 0 Å². The molecule has 1 fully saturated rings. The molecule has 11 heteroatoms. The van der Waals surface area contributed by atoms with E-state index in [1.165, 1.54) is 15.9 Å². The van der Waals surface area contributed by atoms with Crippen molar-refractivity contribution in [2.75, 3.05) is 51.0 Å². The molecule has 216 valence electrons. The summed E-state index contributed by atoms with van der Waals surface area (Å²) in [6.45, 7) is 12.7. The Labute approximate surface area is 241 Å². The Kier molecular flexibility index (Phi) is 8.75. The van der Waals surface area contributed by atoms with Crippen LogP contribution in [0.5, 0.6) is 11.5 Å². The number of furan rings is 1. The number of hydrogen-bond donors (Lipinski definition) is 0. The molecule has 1 saturated heterocycles. The fraction of sp³-hybridized carbons (Fsp3) is 0.367. The van der Waals surface area contributed by atoms with E-state index >= 15 is 0 Å². The highest BCUT2D eigenvalue weighted by Crippen LogP contribution is 2.36. The van der Waals surface area contributed by atoms with Crippen molar-refractivity contribution in [2.45, 2.75) is 26.8 Å². The normalized spacial score (nSPS) is 17.2. The maximum Gasteiger partial charge on any atom is 0.338 e. The van der Waals surface area contributed by atoms with Crippen molar-refractivity contribution in [1.82, 2.24) is 4.57 Å². The van der Waals surface area contributed by atoms with Crippen LogP contribution in [0.15, 0.2) is 68.5 Å². The minimum atomic E-state index is -0.777. The molecule has 4 heterocycles. The predicted molar refractivity (Wildman–Crippen MR) is 155 cm³/mol. The summed E-state index contributed by atoms with van der Waals surface area (Å²) >= 11 is 1.24. The van der Waals surface area contributed by atoms with Crippen LogP contribution in [0, 0.1) is 0 Å². The second-order valence-corrected chi connectivity index (χ2v) is 10.3. The number of carbonyl (C=O) groups is 1. The fourth-order valence-electron chi connectivity index (χ4n) is 4.84. The van der Waals surface area contributed by atoms with Crippen molar-refractivity contribution in [1.29, 1.82) is 0 Å². The van der Waals surface area contributed by atoms with Crippen LogP contribution in [0.1, 0.15) is 38.1 Å². The Morgan fingerprint density at radius 3 is 2.68 bits per heavy atom. The van der Waals surface area contributed by atoms with Crippen LogP contribution < -0.4 is 29.3 Å². The zero-order valence-electron chi connectivity index (χ0n) is 23.4. The first-order chi connectivity index (χ1) is 19.9. The molecule has 1 atom stereocenters. The van der Waals surface area contributed by atoms with Crippen molar-refractivity contribution >= 4 is 29.3 Å². The number of rotatable bonds is 10. The molecule has 41 heavy (non-hydrogen) atoms. The molecular weight excluding hydrogens is 546 g/mol. The third-order valence-corrected chi connectivity index (χ3v) is 7.65. The van der Waals surface area contributed by atoms with Crippen molar-refractivity contribution in [3.8, 4) is 11.5 Å². The zero-order valence-corrected chi connectivity index (χ0v) is 24.2. The Bertz CT molecular complexity index is 1640. The summed E-state index contributed by atoms with van der Waals surface area (Å²) in [6.07, 6.45) is 3.36. The minimum Gasteiger partial charge on any atom is -0.490 e. The summed E-state index contributed by atoms with van der Waals surface area (Å²) in [5, 5.41) is 0. The first-order valence-electron chi connectivity index (χ1n) is 13.6. The standard InChI is InChI=1S/C30H33N3O7S/c1-5-14-39-22-10-8-20(17-23(22)37-6-2)27-26(29(35)38-7-3)19(4)31-30-33(27)28(34)24(41-30)18-21-9-11-25(40-21)32-12-15-36-16-13-32/h5,8-11,17-18,27H,1,6-7,12-16H2,2-4H3/b24-18-/t27-/m0/s1. The molecule has 0 amide bonds. The summed E-state index contributed by atoms with van der Waals surface area (Å²) in [7, 11) is 0. The Morgan fingerprint density at radius 1 is 1.15 bits per heavy atom. The molecule has 0 spiro atoms. The number of thiazole rings is 1. The number of allylic oxidation sites excluding steroid dienone is 1. The molecule has 3 aromatic rings. The first-order valence-corrected chi connectivity index (χ1v) is 14.4. The van der Waals surface area contributed by atoms with Gasteiger partial charge in [-0.2, -0.15) is 0 Å². The topological polar surface area (TPSA) is 105 Å². The molecule has 0 bridgehead atoms. The molecule has 1 aromatic carbocycles. The first kappa shape index (κ1) is 28.4. The van der Waals surface area contributed by atoms with Crippen LogP contribution in [-0.4, -0.2) is 56.7 Å². The molecular formula is C30H33N3O7S. The average Bonchev–Trinajstić information content (AvgIpc) is 3.56. The Balaban J connectivity index is 1.61. The number of aromatic nitrogens is 1. The van der Waals surface area contributed by atoms with E-state index in [-0.39, 0.29) is 12.2 Å². The maximum absolute atomic E-state index is 13.9. The summed E-state index contributed by atoms with van der Waals surface area (Å²) in [5.41, 5.74) is 1.15. The van der Waals surface area contributed by atoms with E-state index in [4.69, 9.17) is 23.4 Å². The number of morpholine rings is 1. The predicted octanol–water partition coefficient (Wildman–Crippen LogP) is 3.19. The molecule has 2 aliphatic rings. The van der Waals surface area contributed by atoms with Crippen molar-refractivity contribution < 1.29 is 28.2 Å². The summed E-state index contributed by atoms with van der Waals surface area (Å²) in [6, 6.07) is 8.34. The van der Waals surface area contributed by atoms with Gasteiger partial charge in [0.15, 0.2) is 22.2 Å². The van der Waals surface area contributed by atoms with E-state index in [0.29, 0.717) is 69.9 Å². The highest BCUT2D eigenvalue weighted by atomic mass is 32.1. The SMILES string of the molecule is C=CCOc1ccc([C@H]2C(C(=O)OCC)=C(C)N=c3s/c(=C\c4ccc(N5CCOCC5)o4)c(=O)n32)cc1OCC. The Morgan fingerprint density at radius 2 is 1.95 bits per heavy atom. The lowest BCUT2D eigenvalue weighted by Crippen LogP contribution is -2.40. The number of hydrogen-bond acceptors (Lipinski definition) is 10. The quantitative estimate of drug-likeness (QED) is 0.267. The molecule has 0 radical (unpaired) electrons. The molecule has 2 aromatic heterocycles. The van der Waals surface area contributed by atoms with Gasteiger partial charge in [-0.1, -0.05) is 30.1 Å². The van der Waals surface area contributed by atoms with Gasteiger partial charge in [-0.05, 0) is 44.5 Å². The molecule has 0 unspecified atom stereocenters. The third-order valence-electron chi connectivity index (χ3n) is 6.67. The van der Waals surface area contributed by atoms with E-state index in [2.05, 4.69) is 16.5 Å². The van der Waals surface area contributed by atoms with Gasteiger partial charge in [0.05, 0.1) is 48.3 Å². The van der Waals surface area contributed by atoms with Crippen molar-refractivity contribution in [3.63, 3.8) is 0 Å². The van der Waals surface area contributed by atoms with E-state index in [1.807, 2.05) is 25.1 Å². The number of esters is 1. The number of fused-ring (bicyclic) bond motifs is 1. The highest BCUT2D eigenvalue weighted by molar-refractivity contribution is 7.07. The van der Waals surface area contributed by atoms with Crippen LogP contribution >= 0.6 is 11.3 Å². The van der Waals surface area contributed by atoms with Gasteiger partial charge in [0.1, 0.15) is 12.4 Å². The third kappa shape index (κ3) is 5.86. The van der Waals surface area contributed by atoms with Gasteiger partial charge in [-0.15, -0.1) is 0 Å². The fourth-order valence-corrected chi connectivity index (χ4v) is 5.87.